The number of rotatable bonds is 5. The van der Waals surface area contributed by atoms with E-state index in [0.717, 1.165) is 25.7 Å². The van der Waals surface area contributed by atoms with E-state index in [9.17, 15) is 14.4 Å². The average molecular weight is 307 g/mol. The lowest BCUT2D eigenvalue weighted by atomic mass is 9.95. The number of hydrogen-bond acceptors (Lipinski definition) is 3. The third-order valence-electron chi connectivity index (χ3n) is 4.93. The third-order valence-corrected chi connectivity index (χ3v) is 4.93. The number of nitrogens with two attached hydrogens (primary N) is 1. The van der Waals surface area contributed by atoms with Crippen LogP contribution in [0, 0.1) is 11.8 Å². The van der Waals surface area contributed by atoms with Crippen LogP contribution in [-0.2, 0) is 14.4 Å². The Labute approximate surface area is 131 Å². The molecular formula is C16H25N3O3. The zero-order chi connectivity index (χ0) is 16.3. The number of likely N-dealkylation sites (N-methyl/N-ethyl adjacent to an activating group) is 1. The minimum atomic E-state index is -0.529. The lowest BCUT2D eigenvalue weighted by molar-refractivity contribution is -0.142. The summed E-state index contributed by atoms with van der Waals surface area (Å²) in [6.45, 7) is 4.41. The van der Waals surface area contributed by atoms with E-state index >= 15 is 0 Å². The summed E-state index contributed by atoms with van der Waals surface area (Å²) in [6, 6.07) is -0.529. The quantitative estimate of drug-likeness (QED) is 0.752. The molecule has 0 spiro atoms. The Morgan fingerprint density at radius 3 is 2.45 bits per heavy atom. The highest BCUT2D eigenvalue weighted by Gasteiger charge is 2.39. The molecule has 6 heteroatoms. The average Bonchev–Trinajstić information content (AvgIpc) is 3.16. The minimum absolute atomic E-state index is 0.0879. The lowest BCUT2D eigenvalue weighted by Crippen LogP contribution is -2.51. The number of carbonyl (C=O) groups is 3. The van der Waals surface area contributed by atoms with Gasteiger partial charge in [-0.15, -0.1) is 0 Å². The van der Waals surface area contributed by atoms with Gasteiger partial charge in [0.2, 0.25) is 17.7 Å². The number of carbonyl (C=O) groups excluding carboxylic acids is 3. The zero-order valence-electron chi connectivity index (χ0n) is 13.2. The molecular weight excluding hydrogens is 282 g/mol. The fraction of sp³-hybridized carbons (Fsp3) is 0.688. The highest BCUT2D eigenvalue weighted by molar-refractivity contribution is 5.90. The van der Waals surface area contributed by atoms with Crippen LogP contribution in [0.5, 0.6) is 0 Å². The van der Waals surface area contributed by atoms with Crippen molar-refractivity contribution >= 4 is 17.7 Å². The molecule has 1 aliphatic carbocycles. The summed E-state index contributed by atoms with van der Waals surface area (Å²) in [5.41, 5.74) is 5.54. The molecule has 1 saturated heterocycles. The highest BCUT2D eigenvalue weighted by Crippen LogP contribution is 2.31. The normalized spacial score (nSPS) is 23.3. The molecule has 2 N–H and O–H groups in total. The molecule has 22 heavy (non-hydrogen) atoms. The summed E-state index contributed by atoms with van der Waals surface area (Å²) in [6.07, 6.45) is 5.94. The van der Waals surface area contributed by atoms with Crippen LogP contribution in [0.15, 0.2) is 12.7 Å². The number of amides is 3. The van der Waals surface area contributed by atoms with Gasteiger partial charge in [-0.05, 0) is 31.3 Å². The molecule has 1 saturated carbocycles. The zero-order valence-corrected chi connectivity index (χ0v) is 13.2. The van der Waals surface area contributed by atoms with Crippen LogP contribution in [-0.4, -0.2) is 53.7 Å². The largest absolute Gasteiger partial charge is 0.368 e. The van der Waals surface area contributed by atoms with Crippen molar-refractivity contribution in [3.8, 4) is 0 Å². The van der Waals surface area contributed by atoms with E-state index in [0.29, 0.717) is 19.5 Å². The van der Waals surface area contributed by atoms with Crippen LogP contribution >= 0.6 is 0 Å². The van der Waals surface area contributed by atoms with Gasteiger partial charge in [-0.3, -0.25) is 14.4 Å². The van der Waals surface area contributed by atoms with E-state index in [-0.39, 0.29) is 23.7 Å². The molecule has 6 nitrogen and oxygen atoms in total. The predicted molar refractivity (Wildman–Crippen MR) is 82.6 cm³/mol. The first-order valence-electron chi connectivity index (χ1n) is 7.93. The van der Waals surface area contributed by atoms with Gasteiger partial charge in [0, 0.05) is 20.1 Å². The van der Waals surface area contributed by atoms with Crippen LogP contribution in [0.2, 0.25) is 0 Å². The predicted octanol–water partition coefficient (Wildman–Crippen LogP) is 0.523. The maximum atomic E-state index is 12.7. The summed E-state index contributed by atoms with van der Waals surface area (Å²) >= 11 is 0. The Bertz CT molecular complexity index is 471. The molecule has 2 fully saturated rings. The SMILES string of the molecule is C=CC(=O)N1CC[C@H](C(=O)N(C)[C@H](C(N)=O)C2CCCC2)C1. The van der Waals surface area contributed by atoms with E-state index in [1.165, 1.54) is 11.0 Å². The molecule has 0 radical (unpaired) electrons. The van der Waals surface area contributed by atoms with Gasteiger partial charge >= 0.3 is 0 Å². The van der Waals surface area contributed by atoms with E-state index in [4.69, 9.17) is 5.73 Å². The first kappa shape index (κ1) is 16.5. The van der Waals surface area contributed by atoms with Gasteiger partial charge in [0.1, 0.15) is 6.04 Å². The second kappa shape index (κ2) is 6.94. The second-order valence-electron chi connectivity index (χ2n) is 6.31. The van der Waals surface area contributed by atoms with Crippen molar-refractivity contribution < 1.29 is 14.4 Å². The van der Waals surface area contributed by atoms with Crippen molar-refractivity contribution in [3.05, 3.63) is 12.7 Å². The van der Waals surface area contributed by atoms with Gasteiger partial charge in [0.05, 0.1) is 5.92 Å². The molecule has 3 amide bonds. The maximum Gasteiger partial charge on any atom is 0.245 e. The molecule has 1 aliphatic heterocycles. The van der Waals surface area contributed by atoms with E-state index in [1.807, 2.05) is 0 Å². The van der Waals surface area contributed by atoms with Crippen LogP contribution in [0.1, 0.15) is 32.1 Å². The van der Waals surface area contributed by atoms with Crippen molar-refractivity contribution in [2.45, 2.75) is 38.1 Å². The first-order chi connectivity index (χ1) is 10.5. The minimum Gasteiger partial charge on any atom is -0.368 e. The molecule has 2 aliphatic rings. The Hall–Kier alpha value is -1.85. The summed E-state index contributed by atoms with van der Waals surface area (Å²) in [4.78, 5) is 39.2. The molecule has 0 aromatic carbocycles. The first-order valence-corrected chi connectivity index (χ1v) is 7.93. The second-order valence-corrected chi connectivity index (χ2v) is 6.31. The molecule has 122 valence electrons. The lowest BCUT2D eigenvalue weighted by Gasteiger charge is -2.32. The van der Waals surface area contributed by atoms with Crippen LogP contribution < -0.4 is 5.73 Å². The number of likely N-dealkylation sites (tertiary alicyclic amines) is 1. The summed E-state index contributed by atoms with van der Waals surface area (Å²) in [5, 5.41) is 0. The van der Waals surface area contributed by atoms with Crippen molar-refractivity contribution in [2.75, 3.05) is 20.1 Å². The molecule has 1 heterocycles. The van der Waals surface area contributed by atoms with Gasteiger partial charge in [-0.25, -0.2) is 0 Å². The van der Waals surface area contributed by atoms with Gasteiger partial charge in [-0.1, -0.05) is 19.4 Å². The fourth-order valence-corrected chi connectivity index (χ4v) is 3.73. The van der Waals surface area contributed by atoms with E-state index < -0.39 is 11.9 Å². The maximum absolute atomic E-state index is 12.7. The monoisotopic (exact) mass is 307 g/mol. The van der Waals surface area contributed by atoms with Crippen LogP contribution in [0.4, 0.5) is 0 Å². The smallest absolute Gasteiger partial charge is 0.245 e. The standard InChI is InChI=1S/C16H25N3O3/c1-3-13(20)19-9-8-12(10-19)16(22)18(2)14(15(17)21)11-6-4-5-7-11/h3,11-12,14H,1,4-10H2,2H3,(H2,17,21)/t12-,14-/m0/s1. The third kappa shape index (κ3) is 3.31. The van der Waals surface area contributed by atoms with Crippen molar-refractivity contribution in [1.82, 2.24) is 9.80 Å². The van der Waals surface area contributed by atoms with E-state index in [2.05, 4.69) is 6.58 Å². The van der Waals surface area contributed by atoms with Gasteiger partial charge < -0.3 is 15.5 Å². The molecule has 0 unspecified atom stereocenters. The molecule has 0 bridgehead atoms. The Morgan fingerprint density at radius 1 is 1.27 bits per heavy atom. The molecule has 0 aromatic heterocycles. The summed E-state index contributed by atoms with van der Waals surface area (Å²) < 4.78 is 0. The Balaban J connectivity index is 2.02. The van der Waals surface area contributed by atoms with Crippen molar-refractivity contribution in [1.29, 1.82) is 0 Å². The van der Waals surface area contributed by atoms with Gasteiger partial charge in [0.15, 0.2) is 0 Å². The molecule has 0 aromatic rings. The van der Waals surface area contributed by atoms with Crippen molar-refractivity contribution in [3.63, 3.8) is 0 Å². The van der Waals surface area contributed by atoms with Crippen molar-refractivity contribution in [2.24, 2.45) is 17.6 Å². The van der Waals surface area contributed by atoms with E-state index in [1.54, 1.807) is 11.9 Å². The van der Waals surface area contributed by atoms with Gasteiger partial charge in [0.25, 0.3) is 0 Å². The molecule has 2 rings (SSSR count). The van der Waals surface area contributed by atoms with Crippen LogP contribution in [0.25, 0.3) is 0 Å². The number of hydrogen-bond donors (Lipinski definition) is 1. The van der Waals surface area contributed by atoms with Crippen LogP contribution in [0.3, 0.4) is 0 Å². The topological polar surface area (TPSA) is 83.7 Å². The highest BCUT2D eigenvalue weighted by atomic mass is 16.2. The molecule has 2 atom stereocenters. The number of nitrogens with zero attached hydrogens (tertiary/aromatic N) is 2. The Morgan fingerprint density at radius 2 is 1.91 bits per heavy atom. The van der Waals surface area contributed by atoms with Gasteiger partial charge in [-0.2, -0.15) is 0 Å². The number of primary amides is 1. The Kier molecular flexibility index (Phi) is 5.21. The summed E-state index contributed by atoms with van der Waals surface area (Å²) in [5.74, 6) is -0.758. The summed E-state index contributed by atoms with van der Waals surface area (Å²) in [7, 11) is 1.66. The fourth-order valence-electron chi connectivity index (χ4n) is 3.73.